The fourth-order valence-electron chi connectivity index (χ4n) is 3.54. The topological polar surface area (TPSA) is 24.9 Å². The Balaban J connectivity index is 2.04. The van der Waals surface area contributed by atoms with E-state index in [0.717, 1.165) is 29.8 Å². The van der Waals surface area contributed by atoms with Crippen LogP contribution in [0.3, 0.4) is 0 Å². The lowest BCUT2D eigenvalue weighted by atomic mass is 9.75. The highest BCUT2D eigenvalue weighted by Crippen LogP contribution is 2.34. The smallest absolute Gasteiger partial charge is 0.0621 e. The van der Waals surface area contributed by atoms with E-state index in [-0.39, 0.29) is 0 Å². The number of hydrogen-bond donors (Lipinski definition) is 1. The molecule has 1 aliphatic rings. The number of likely N-dealkylation sites (N-methyl/N-ethyl adjacent to an activating group) is 1. The number of aromatic nitrogens is 1. The van der Waals surface area contributed by atoms with Crippen LogP contribution in [0.4, 0.5) is 0 Å². The molecule has 20 heavy (non-hydrogen) atoms. The van der Waals surface area contributed by atoms with Crippen LogP contribution in [-0.2, 0) is 6.42 Å². The summed E-state index contributed by atoms with van der Waals surface area (Å²) in [5.41, 5.74) is 1.23. The van der Waals surface area contributed by atoms with Gasteiger partial charge in [0.25, 0.3) is 0 Å². The average molecular weight is 295 g/mol. The van der Waals surface area contributed by atoms with Gasteiger partial charge in [-0.2, -0.15) is 0 Å². The van der Waals surface area contributed by atoms with Crippen LogP contribution in [0.15, 0.2) is 18.5 Å². The Labute approximate surface area is 128 Å². The summed E-state index contributed by atoms with van der Waals surface area (Å²) in [7, 11) is 0. The van der Waals surface area contributed by atoms with Gasteiger partial charge in [0.15, 0.2) is 0 Å². The van der Waals surface area contributed by atoms with Gasteiger partial charge in [-0.3, -0.25) is 4.98 Å². The number of hydrogen-bond acceptors (Lipinski definition) is 2. The minimum Gasteiger partial charge on any atom is -0.314 e. The lowest BCUT2D eigenvalue weighted by Crippen LogP contribution is -2.40. The summed E-state index contributed by atoms with van der Waals surface area (Å²) >= 11 is 6.27. The number of nitrogens with one attached hydrogen (secondary N) is 1. The minimum atomic E-state index is 0.550. The second kappa shape index (κ2) is 7.99. The Morgan fingerprint density at radius 1 is 1.40 bits per heavy atom. The summed E-state index contributed by atoms with van der Waals surface area (Å²) in [5.74, 6) is 1.71. The van der Waals surface area contributed by atoms with Gasteiger partial charge in [0, 0.05) is 18.4 Å². The van der Waals surface area contributed by atoms with E-state index in [2.05, 4.69) is 30.2 Å². The number of nitrogens with zero attached hydrogens (tertiary/aromatic N) is 1. The maximum absolute atomic E-state index is 6.27. The Bertz CT molecular complexity index is 408. The quantitative estimate of drug-likeness (QED) is 0.837. The van der Waals surface area contributed by atoms with Gasteiger partial charge in [-0.15, -0.1) is 0 Å². The van der Waals surface area contributed by atoms with Gasteiger partial charge in [-0.05, 0) is 49.3 Å². The molecule has 0 spiro atoms. The van der Waals surface area contributed by atoms with Crippen molar-refractivity contribution in [1.82, 2.24) is 10.3 Å². The van der Waals surface area contributed by atoms with E-state index in [1.54, 1.807) is 6.20 Å². The van der Waals surface area contributed by atoms with Crippen molar-refractivity contribution in [2.24, 2.45) is 11.8 Å². The molecule has 1 N–H and O–H groups in total. The van der Waals surface area contributed by atoms with E-state index in [9.17, 15) is 0 Å². The van der Waals surface area contributed by atoms with Gasteiger partial charge in [0.1, 0.15) is 0 Å². The van der Waals surface area contributed by atoms with E-state index < -0.39 is 0 Å². The van der Waals surface area contributed by atoms with Crippen LogP contribution < -0.4 is 5.32 Å². The van der Waals surface area contributed by atoms with Gasteiger partial charge < -0.3 is 5.32 Å². The van der Waals surface area contributed by atoms with Gasteiger partial charge in [-0.25, -0.2) is 0 Å². The Morgan fingerprint density at radius 2 is 2.25 bits per heavy atom. The summed E-state index contributed by atoms with van der Waals surface area (Å²) in [6.07, 6.45) is 11.5. The van der Waals surface area contributed by atoms with Crippen LogP contribution in [0.1, 0.15) is 51.5 Å². The molecule has 1 fully saturated rings. The average Bonchev–Trinajstić information content (AvgIpc) is 2.49. The maximum Gasteiger partial charge on any atom is 0.0621 e. The molecule has 1 heterocycles. The van der Waals surface area contributed by atoms with E-state index >= 15 is 0 Å². The fourth-order valence-corrected chi connectivity index (χ4v) is 3.74. The molecular formula is C17H27ClN2. The standard InChI is InChI=1S/C17H27ClN2/c1-3-13-6-5-7-15(10-13)17(20-4-2)11-14-8-9-19-12-16(14)18/h8-9,12-13,15,17,20H,3-7,10-11H2,1-2H3. The van der Waals surface area contributed by atoms with Crippen molar-refractivity contribution in [3.8, 4) is 0 Å². The van der Waals surface area contributed by atoms with E-state index in [0.29, 0.717) is 6.04 Å². The fraction of sp³-hybridized carbons (Fsp3) is 0.706. The lowest BCUT2D eigenvalue weighted by molar-refractivity contribution is 0.208. The summed E-state index contributed by atoms with van der Waals surface area (Å²) in [6, 6.07) is 2.61. The normalized spacial score (nSPS) is 24.6. The molecule has 0 bridgehead atoms. The molecule has 2 rings (SSSR count). The molecule has 0 radical (unpaired) electrons. The van der Waals surface area contributed by atoms with Crippen molar-refractivity contribution >= 4 is 11.6 Å². The minimum absolute atomic E-state index is 0.550. The molecule has 1 aromatic heterocycles. The van der Waals surface area contributed by atoms with Crippen LogP contribution in [0.2, 0.25) is 5.02 Å². The first kappa shape index (κ1) is 15.8. The molecule has 0 aromatic carbocycles. The van der Waals surface area contributed by atoms with Crippen molar-refractivity contribution in [1.29, 1.82) is 0 Å². The number of pyridine rings is 1. The summed E-state index contributed by atoms with van der Waals surface area (Å²) in [4.78, 5) is 4.08. The van der Waals surface area contributed by atoms with E-state index in [1.807, 2.05) is 6.20 Å². The zero-order valence-corrected chi connectivity index (χ0v) is 13.5. The third-order valence-electron chi connectivity index (χ3n) is 4.73. The molecule has 112 valence electrons. The first-order chi connectivity index (χ1) is 9.74. The second-order valence-electron chi connectivity index (χ2n) is 6.04. The van der Waals surface area contributed by atoms with Gasteiger partial charge >= 0.3 is 0 Å². The number of rotatable bonds is 6. The molecular weight excluding hydrogens is 268 g/mol. The highest BCUT2D eigenvalue weighted by Gasteiger charge is 2.27. The summed E-state index contributed by atoms with van der Waals surface area (Å²) < 4.78 is 0. The Kier molecular flexibility index (Phi) is 6.31. The van der Waals surface area contributed by atoms with Crippen molar-refractivity contribution in [2.75, 3.05) is 6.54 Å². The third-order valence-corrected chi connectivity index (χ3v) is 5.07. The predicted molar refractivity (Wildman–Crippen MR) is 86.2 cm³/mol. The highest BCUT2D eigenvalue weighted by molar-refractivity contribution is 6.31. The molecule has 3 heteroatoms. The molecule has 2 nitrogen and oxygen atoms in total. The van der Waals surface area contributed by atoms with Crippen molar-refractivity contribution < 1.29 is 0 Å². The van der Waals surface area contributed by atoms with Crippen molar-refractivity contribution in [3.05, 3.63) is 29.0 Å². The Hall–Kier alpha value is -0.600. The monoisotopic (exact) mass is 294 g/mol. The molecule has 1 aliphatic carbocycles. The van der Waals surface area contributed by atoms with Crippen LogP contribution >= 0.6 is 11.6 Å². The SMILES string of the molecule is CCNC(Cc1ccncc1Cl)C1CCCC(CC)C1. The zero-order valence-electron chi connectivity index (χ0n) is 12.7. The molecule has 3 atom stereocenters. The third kappa shape index (κ3) is 4.20. The van der Waals surface area contributed by atoms with Crippen molar-refractivity contribution in [2.45, 2.75) is 58.4 Å². The predicted octanol–water partition coefficient (Wildman–Crippen LogP) is 4.47. The molecule has 1 aromatic rings. The summed E-state index contributed by atoms with van der Waals surface area (Å²) in [5, 5.41) is 4.50. The van der Waals surface area contributed by atoms with Crippen molar-refractivity contribution in [3.63, 3.8) is 0 Å². The van der Waals surface area contributed by atoms with Gasteiger partial charge in [0.05, 0.1) is 5.02 Å². The molecule has 1 saturated carbocycles. The second-order valence-corrected chi connectivity index (χ2v) is 6.44. The van der Waals surface area contributed by atoms with Crippen LogP contribution in [0.25, 0.3) is 0 Å². The van der Waals surface area contributed by atoms with Crippen LogP contribution in [-0.4, -0.2) is 17.6 Å². The highest BCUT2D eigenvalue weighted by atomic mass is 35.5. The first-order valence-electron chi connectivity index (χ1n) is 8.06. The van der Waals surface area contributed by atoms with Gasteiger partial charge in [-0.1, -0.05) is 44.7 Å². The van der Waals surface area contributed by atoms with E-state index in [4.69, 9.17) is 11.6 Å². The lowest BCUT2D eigenvalue weighted by Gasteiger charge is -2.35. The first-order valence-corrected chi connectivity index (χ1v) is 8.44. The molecule has 0 saturated heterocycles. The summed E-state index contributed by atoms with van der Waals surface area (Å²) in [6.45, 7) is 5.55. The van der Waals surface area contributed by atoms with Gasteiger partial charge in [0.2, 0.25) is 0 Å². The molecule has 0 amide bonds. The largest absolute Gasteiger partial charge is 0.314 e. The van der Waals surface area contributed by atoms with E-state index in [1.165, 1.54) is 37.7 Å². The maximum atomic E-state index is 6.27. The number of halogens is 1. The Morgan fingerprint density at radius 3 is 2.95 bits per heavy atom. The molecule has 3 unspecified atom stereocenters. The zero-order chi connectivity index (χ0) is 14.4. The van der Waals surface area contributed by atoms with Crippen LogP contribution in [0.5, 0.6) is 0 Å². The molecule has 0 aliphatic heterocycles. The van der Waals surface area contributed by atoms with Crippen LogP contribution in [0, 0.1) is 11.8 Å².